The number of nitrogens with one attached hydrogen (secondary N) is 2. The van der Waals surface area contributed by atoms with E-state index in [9.17, 15) is 4.79 Å². The summed E-state index contributed by atoms with van der Waals surface area (Å²) in [5.41, 5.74) is 0. The minimum Gasteiger partial charge on any atom is -0.356 e. The summed E-state index contributed by atoms with van der Waals surface area (Å²) in [6.07, 6.45) is 9.59. The molecule has 0 aromatic rings. The van der Waals surface area contributed by atoms with Crippen LogP contribution in [0.2, 0.25) is 0 Å². The Morgan fingerprint density at radius 3 is 2.69 bits per heavy atom. The Hall–Kier alpha value is -0.570. The van der Waals surface area contributed by atoms with Crippen LogP contribution in [0.3, 0.4) is 0 Å². The lowest BCUT2D eigenvalue weighted by molar-refractivity contribution is -0.122. The van der Waals surface area contributed by atoms with E-state index in [4.69, 9.17) is 0 Å². The largest absolute Gasteiger partial charge is 0.356 e. The molecule has 0 radical (unpaired) electrons. The molecule has 0 bridgehead atoms. The molecule has 1 aliphatic heterocycles. The summed E-state index contributed by atoms with van der Waals surface area (Å²) >= 11 is 0. The fourth-order valence-electron chi connectivity index (χ4n) is 2.94. The number of rotatable bonds is 5. The predicted octanol–water partition coefficient (Wildman–Crippen LogP) is 1.82. The van der Waals surface area contributed by atoms with E-state index in [2.05, 4.69) is 10.6 Å². The van der Waals surface area contributed by atoms with Gasteiger partial charge in [-0.3, -0.25) is 4.79 Å². The van der Waals surface area contributed by atoms with Gasteiger partial charge >= 0.3 is 0 Å². The molecule has 0 aromatic heterocycles. The van der Waals surface area contributed by atoms with E-state index in [-0.39, 0.29) is 5.91 Å². The summed E-state index contributed by atoms with van der Waals surface area (Å²) in [7, 11) is 0. The number of carbonyl (C=O) groups excluding carboxylic acids is 1. The Bertz CT molecular complexity index is 218. The third-order valence-electron chi connectivity index (χ3n) is 3.93. The van der Waals surface area contributed by atoms with Crippen LogP contribution in [0.1, 0.15) is 51.4 Å². The molecule has 1 saturated heterocycles. The first kappa shape index (κ1) is 11.9. The zero-order chi connectivity index (χ0) is 11.2. The molecule has 2 fully saturated rings. The van der Waals surface area contributed by atoms with Gasteiger partial charge in [0.05, 0.1) is 0 Å². The second-order valence-corrected chi connectivity index (χ2v) is 5.29. The van der Waals surface area contributed by atoms with Gasteiger partial charge in [-0.1, -0.05) is 12.8 Å². The van der Waals surface area contributed by atoms with E-state index in [0.717, 1.165) is 25.9 Å². The standard InChI is InChI=1S/C13H24N2O/c16-13(10-11-4-1-2-5-11)15-9-7-12-6-3-8-14-12/h11-12,14H,1-10H2,(H,15,16). The molecule has 2 rings (SSSR count). The minimum atomic E-state index is 0.268. The van der Waals surface area contributed by atoms with Crippen LogP contribution in [0, 0.1) is 5.92 Å². The molecule has 0 aromatic carbocycles. The third-order valence-corrected chi connectivity index (χ3v) is 3.93. The number of amides is 1. The van der Waals surface area contributed by atoms with Gasteiger partial charge in [0.25, 0.3) is 0 Å². The van der Waals surface area contributed by atoms with Crippen molar-refractivity contribution in [1.82, 2.24) is 10.6 Å². The monoisotopic (exact) mass is 224 g/mol. The maximum atomic E-state index is 11.6. The Labute approximate surface area is 98.4 Å². The van der Waals surface area contributed by atoms with Crippen molar-refractivity contribution in [1.29, 1.82) is 0 Å². The van der Waals surface area contributed by atoms with Crippen molar-refractivity contribution in [2.45, 2.75) is 57.4 Å². The van der Waals surface area contributed by atoms with E-state index in [1.807, 2.05) is 0 Å². The molecule has 2 aliphatic rings. The van der Waals surface area contributed by atoms with Crippen LogP contribution in [0.25, 0.3) is 0 Å². The van der Waals surface area contributed by atoms with E-state index < -0.39 is 0 Å². The van der Waals surface area contributed by atoms with Crippen molar-refractivity contribution in [3.63, 3.8) is 0 Å². The normalized spacial score (nSPS) is 26.1. The predicted molar refractivity (Wildman–Crippen MR) is 65.2 cm³/mol. The molecule has 1 amide bonds. The molecule has 1 atom stereocenters. The number of hydrogen-bond acceptors (Lipinski definition) is 2. The van der Waals surface area contributed by atoms with E-state index in [0.29, 0.717) is 12.0 Å². The highest BCUT2D eigenvalue weighted by Crippen LogP contribution is 2.27. The van der Waals surface area contributed by atoms with Gasteiger partial charge in [-0.05, 0) is 44.6 Å². The lowest BCUT2D eigenvalue weighted by Gasteiger charge is -2.12. The van der Waals surface area contributed by atoms with Gasteiger partial charge in [-0.2, -0.15) is 0 Å². The van der Waals surface area contributed by atoms with Crippen molar-refractivity contribution in [2.24, 2.45) is 5.92 Å². The first-order valence-electron chi connectivity index (χ1n) is 6.84. The zero-order valence-electron chi connectivity index (χ0n) is 10.1. The molecular formula is C13H24N2O. The molecule has 16 heavy (non-hydrogen) atoms. The topological polar surface area (TPSA) is 41.1 Å². The molecule has 1 saturated carbocycles. The highest BCUT2D eigenvalue weighted by atomic mass is 16.1. The molecular weight excluding hydrogens is 200 g/mol. The van der Waals surface area contributed by atoms with Crippen LogP contribution in [0.15, 0.2) is 0 Å². The second kappa shape index (κ2) is 6.24. The van der Waals surface area contributed by atoms with Crippen LogP contribution in [0.4, 0.5) is 0 Å². The SMILES string of the molecule is O=C(CC1CCCC1)NCCC1CCCN1. The highest BCUT2D eigenvalue weighted by Gasteiger charge is 2.18. The Morgan fingerprint density at radius 2 is 2.00 bits per heavy atom. The summed E-state index contributed by atoms with van der Waals surface area (Å²) in [4.78, 5) is 11.6. The summed E-state index contributed by atoms with van der Waals surface area (Å²) in [5, 5.41) is 6.51. The summed E-state index contributed by atoms with van der Waals surface area (Å²) in [6, 6.07) is 0.645. The lowest BCUT2D eigenvalue weighted by atomic mass is 10.0. The van der Waals surface area contributed by atoms with Gasteiger partial charge < -0.3 is 10.6 Å². The van der Waals surface area contributed by atoms with Gasteiger partial charge in [0.1, 0.15) is 0 Å². The Kier molecular flexibility index (Phi) is 4.64. The van der Waals surface area contributed by atoms with Crippen molar-refractivity contribution >= 4 is 5.91 Å². The summed E-state index contributed by atoms with van der Waals surface area (Å²) in [5.74, 6) is 0.939. The Morgan fingerprint density at radius 1 is 1.19 bits per heavy atom. The van der Waals surface area contributed by atoms with Gasteiger partial charge in [0.2, 0.25) is 5.91 Å². The minimum absolute atomic E-state index is 0.268. The smallest absolute Gasteiger partial charge is 0.220 e. The van der Waals surface area contributed by atoms with Gasteiger partial charge in [0.15, 0.2) is 0 Å². The van der Waals surface area contributed by atoms with Gasteiger partial charge in [-0.15, -0.1) is 0 Å². The van der Waals surface area contributed by atoms with Crippen LogP contribution in [0.5, 0.6) is 0 Å². The van der Waals surface area contributed by atoms with Crippen LogP contribution in [-0.4, -0.2) is 25.0 Å². The van der Waals surface area contributed by atoms with Crippen LogP contribution in [-0.2, 0) is 4.79 Å². The van der Waals surface area contributed by atoms with Crippen LogP contribution >= 0.6 is 0 Å². The maximum Gasteiger partial charge on any atom is 0.220 e. The molecule has 3 heteroatoms. The average Bonchev–Trinajstić information content (AvgIpc) is 2.90. The molecule has 3 nitrogen and oxygen atoms in total. The maximum absolute atomic E-state index is 11.6. The fourth-order valence-corrected chi connectivity index (χ4v) is 2.94. The molecule has 0 spiro atoms. The number of carbonyl (C=O) groups is 1. The summed E-state index contributed by atoms with van der Waals surface area (Å²) in [6.45, 7) is 2.00. The molecule has 1 heterocycles. The third kappa shape index (κ3) is 3.78. The zero-order valence-corrected chi connectivity index (χ0v) is 10.1. The van der Waals surface area contributed by atoms with Crippen molar-refractivity contribution in [2.75, 3.05) is 13.1 Å². The van der Waals surface area contributed by atoms with E-state index >= 15 is 0 Å². The molecule has 92 valence electrons. The first-order valence-corrected chi connectivity index (χ1v) is 6.84. The van der Waals surface area contributed by atoms with Gasteiger partial charge in [0, 0.05) is 19.0 Å². The first-order chi connectivity index (χ1) is 7.84. The highest BCUT2D eigenvalue weighted by molar-refractivity contribution is 5.76. The fraction of sp³-hybridized carbons (Fsp3) is 0.923. The summed E-state index contributed by atoms with van der Waals surface area (Å²) < 4.78 is 0. The van der Waals surface area contributed by atoms with Gasteiger partial charge in [-0.25, -0.2) is 0 Å². The molecule has 1 unspecified atom stereocenters. The molecule has 1 aliphatic carbocycles. The average molecular weight is 224 g/mol. The van der Waals surface area contributed by atoms with Crippen molar-refractivity contribution in [3.05, 3.63) is 0 Å². The second-order valence-electron chi connectivity index (χ2n) is 5.29. The Balaban J connectivity index is 1.52. The van der Waals surface area contributed by atoms with E-state index in [1.54, 1.807) is 0 Å². The van der Waals surface area contributed by atoms with Crippen molar-refractivity contribution < 1.29 is 4.79 Å². The quantitative estimate of drug-likeness (QED) is 0.748. The number of hydrogen-bond donors (Lipinski definition) is 2. The van der Waals surface area contributed by atoms with E-state index in [1.165, 1.54) is 38.5 Å². The van der Waals surface area contributed by atoms with Crippen LogP contribution < -0.4 is 10.6 Å². The lowest BCUT2D eigenvalue weighted by Crippen LogP contribution is -2.31. The molecule has 2 N–H and O–H groups in total. The van der Waals surface area contributed by atoms with Crippen molar-refractivity contribution in [3.8, 4) is 0 Å².